The first kappa shape index (κ1) is 24.0. The van der Waals surface area contributed by atoms with Crippen molar-refractivity contribution in [3.8, 4) is 16.6 Å². The molecular formula is C24H32N8O2S. The number of thiazole rings is 1. The van der Waals surface area contributed by atoms with E-state index in [1.54, 1.807) is 12.4 Å². The van der Waals surface area contributed by atoms with Gasteiger partial charge in [-0.05, 0) is 45.8 Å². The number of rotatable bonds is 10. The zero-order chi connectivity index (χ0) is 24.1. The lowest BCUT2D eigenvalue weighted by atomic mass is 9.72. The quantitative estimate of drug-likeness (QED) is 0.434. The topological polar surface area (TPSA) is 110 Å². The van der Waals surface area contributed by atoms with Gasteiger partial charge in [0, 0.05) is 55.4 Å². The number of hydrogen-bond donors (Lipinski definition) is 2. The Bertz CT molecular complexity index is 1090. The molecule has 35 heavy (non-hydrogen) atoms. The summed E-state index contributed by atoms with van der Waals surface area (Å²) >= 11 is 1.49. The van der Waals surface area contributed by atoms with Crippen LogP contribution in [0.4, 0.5) is 11.1 Å². The van der Waals surface area contributed by atoms with Gasteiger partial charge >= 0.3 is 6.01 Å². The van der Waals surface area contributed by atoms with Gasteiger partial charge in [-0.15, -0.1) is 0 Å². The Morgan fingerprint density at radius 1 is 1.14 bits per heavy atom. The molecule has 1 spiro atoms. The number of likely N-dealkylation sites (N-methyl/N-ethyl adjacent to an activating group) is 2. The predicted octanol–water partition coefficient (Wildman–Crippen LogP) is 3.12. The van der Waals surface area contributed by atoms with Crippen LogP contribution in [0.3, 0.4) is 0 Å². The number of nitrogens with zero attached hydrogens (tertiary/aromatic N) is 6. The van der Waals surface area contributed by atoms with E-state index in [9.17, 15) is 0 Å². The molecule has 0 bridgehead atoms. The van der Waals surface area contributed by atoms with Crippen molar-refractivity contribution >= 4 is 22.4 Å². The maximum atomic E-state index is 6.12. The fourth-order valence-corrected chi connectivity index (χ4v) is 5.20. The molecule has 0 amide bonds. The summed E-state index contributed by atoms with van der Waals surface area (Å²) in [5.74, 6) is 0.520. The molecule has 3 aromatic heterocycles. The van der Waals surface area contributed by atoms with E-state index in [0.717, 1.165) is 74.7 Å². The average molecular weight is 497 g/mol. The van der Waals surface area contributed by atoms with Crippen molar-refractivity contribution in [3.05, 3.63) is 36.4 Å². The second-order valence-corrected chi connectivity index (χ2v) is 10.5. The van der Waals surface area contributed by atoms with Crippen LogP contribution in [0, 0.1) is 5.41 Å². The number of hydrogen-bond acceptors (Lipinski definition) is 11. The lowest BCUT2D eigenvalue weighted by Gasteiger charge is -2.45. The molecule has 0 unspecified atom stereocenters. The summed E-state index contributed by atoms with van der Waals surface area (Å²) in [5, 5.41) is 7.05. The molecule has 5 rings (SSSR count). The van der Waals surface area contributed by atoms with Gasteiger partial charge in [-0.2, -0.15) is 4.98 Å². The van der Waals surface area contributed by atoms with Gasteiger partial charge in [0.2, 0.25) is 5.95 Å². The third-order valence-electron chi connectivity index (χ3n) is 6.59. The van der Waals surface area contributed by atoms with Gasteiger partial charge in [0.15, 0.2) is 5.13 Å². The van der Waals surface area contributed by atoms with Crippen molar-refractivity contribution in [1.82, 2.24) is 35.1 Å². The van der Waals surface area contributed by atoms with Crippen molar-refractivity contribution in [1.29, 1.82) is 0 Å². The molecule has 0 aromatic carbocycles. The summed E-state index contributed by atoms with van der Waals surface area (Å²) in [5.41, 5.74) is 2.26. The highest BCUT2D eigenvalue weighted by molar-refractivity contribution is 7.18. The molecule has 10 nitrogen and oxygen atoms in total. The number of aromatic nitrogens is 5. The first-order valence-electron chi connectivity index (χ1n) is 12.1. The number of anilines is 2. The summed E-state index contributed by atoms with van der Waals surface area (Å²) in [6.07, 6.45) is 11.7. The first-order chi connectivity index (χ1) is 17.1. The molecule has 1 aliphatic carbocycles. The van der Waals surface area contributed by atoms with Gasteiger partial charge in [0.05, 0.1) is 23.8 Å². The molecule has 0 atom stereocenters. The van der Waals surface area contributed by atoms with Crippen LogP contribution in [0.2, 0.25) is 0 Å². The molecule has 3 aromatic rings. The molecule has 2 N–H and O–H groups in total. The molecule has 11 heteroatoms. The van der Waals surface area contributed by atoms with Crippen molar-refractivity contribution in [2.24, 2.45) is 5.41 Å². The van der Waals surface area contributed by atoms with Crippen LogP contribution in [-0.4, -0.2) is 76.3 Å². The van der Waals surface area contributed by atoms with Crippen LogP contribution in [0.5, 0.6) is 6.01 Å². The Hall–Kier alpha value is -2.73. The molecule has 0 radical (unpaired) electrons. The van der Waals surface area contributed by atoms with Crippen LogP contribution in [-0.2, 0) is 11.3 Å². The lowest BCUT2D eigenvalue weighted by molar-refractivity contribution is -0.140. The maximum absolute atomic E-state index is 6.12. The molecule has 1 saturated carbocycles. The van der Waals surface area contributed by atoms with Gasteiger partial charge in [-0.1, -0.05) is 11.3 Å². The number of ether oxygens (including phenoxy) is 2. The van der Waals surface area contributed by atoms with Crippen LogP contribution in [0.15, 0.2) is 30.9 Å². The largest absolute Gasteiger partial charge is 0.460 e. The Kier molecular flexibility index (Phi) is 7.47. The Balaban J connectivity index is 1.16. The molecule has 4 heterocycles. The number of nitrogens with one attached hydrogen (secondary N) is 2. The van der Waals surface area contributed by atoms with Gasteiger partial charge in [-0.25, -0.2) is 19.9 Å². The minimum absolute atomic E-state index is 0.165. The molecule has 186 valence electrons. The second kappa shape index (κ2) is 10.9. The lowest BCUT2D eigenvalue weighted by Crippen LogP contribution is -2.46. The average Bonchev–Trinajstić information content (AvgIpc) is 3.32. The van der Waals surface area contributed by atoms with Crippen molar-refractivity contribution in [3.63, 3.8) is 0 Å². The van der Waals surface area contributed by atoms with Crippen molar-refractivity contribution < 1.29 is 9.47 Å². The highest BCUT2D eigenvalue weighted by Crippen LogP contribution is 2.43. The van der Waals surface area contributed by atoms with E-state index in [2.05, 4.69) is 47.5 Å². The van der Waals surface area contributed by atoms with Crippen LogP contribution < -0.4 is 15.4 Å². The van der Waals surface area contributed by atoms with Gasteiger partial charge < -0.3 is 25.0 Å². The van der Waals surface area contributed by atoms with Crippen LogP contribution in [0.1, 0.15) is 31.2 Å². The van der Waals surface area contributed by atoms with E-state index in [-0.39, 0.29) is 6.10 Å². The standard InChI is InChI=1S/C24H32N8O2S/c1-25-9-10-32(2)14-17-11-27-21(28-12-17)31-23-29-13-20(35-23)19-5-8-26-22(30-19)34-18-3-6-24(7-4-18)15-33-16-24/h5,8,11-13,18,25H,3-4,6-7,9-10,14-16H2,1-2H3,(H,27,28,29,31). The van der Waals surface area contributed by atoms with E-state index in [1.807, 2.05) is 25.5 Å². The van der Waals surface area contributed by atoms with E-state index < -0.39 is 0 Å². The fraction of sp³-hybridized carbons (Fsp3) is 0.542. The molecule has 1 saturated heterocycles. The summed E-state index contributed by atoms with van der Waals surface area (Å²) in [4.78, 5) is 25.5. The normalized spacial score (nSPS) is 17.5. The predicted molar refractivity (Wildman–Crippen MR) is 135 cm³/mol. The minimum Gasteiger partial charge on any atom is -0.460 e. The summed E-state index contributed by atoms with van der Waals surface area (Å²) < 4.78 is 11.5. The van der Waals surface area contributed by atoms with Crippen molar-refractivity contribution in [2.75, 3.05) is 45.7 Å². The second-order valence-electron chi connectivity index (χ2n) is 9.45. The maximum Gasteiger partial charge on any atom is 0.317 e. The molecular weight excluding hydrogens is 464 g/mol. The van der Waals surface area contributed by atoms with Crippen LogP contribution in [0.25, 0.3) is 10.6 Å². The van der Waals surface area contributed by atoms with Gasteiger partial charge in [-0.3, -0.25) is 0 Å². The molecule has 1 aliphatic heterocycles. The smallest absolute Gasteiger partial charge is 0.317 e. The Morgan fingerprint density at radius 3 is 2.66 bits per heavy atom. The highest BCUT2D eigenvalue weighted by Gasteiger charge is 2.42. The SMILES string of the molecule is CNCCN(C)Cc1cnc(Nc2ncc(-c3ccnc(OC4CCC5(CC4)COC5)n3)s2)nc1. The van der Waals surface area contributed by atoms with Crippen LogP contribution >= 0.6 is 11.3 Å². The van der Waals surface area contributed by atoms with Gasteiger partial charge in [0.1, 0.15) is 6.10 Å². The summed E-state index contributed by atoms with van der Waals surface area (Å²) in [6, 6.07) is 2.30. The Labute approximate surface area is 209 Å². The fourth-order valence-electron chi connectivity index (χ4n) is 4.43. The van der Waals surface area contributed by atoms with E-state index in [1.165, 1.54) is 11.3 Å². The minimum atomic E-state index is 0.165. The molecule has 2 aliphatic rings. The van der Waals surface area contributed by atoms with Crippen molar-refractivity contribution in [2.45, 2.75) is 38.3 Å². The van der Waals surface area contributed by atoms with E-state index in [0.29, 0.717) is 22.5 Å². The summed E-state index contributed by atoms with van der Waals surface area (Å²) in [7, 11) is 4.04. The highest BCUT2D eigenvalue weighted by atomic mass is 32.1. The Morgan fingerprint density at radius 2 is 1.94 bits per heavy atom. The third kappa shape index (κ3) is 6.10. The zero-order valence-corrected chi connectivity index (χ0v) is 21.1. The zero-order valence-electron chi connectivity index (χ0n) is 20.2. The summed E-state index contributed by atoms with van der Waals surface area (Å²) in [6.45, 7) is 4.51. The van der Waals surface area contributed by atoms with E-state index >= 15 is 0 Å². The first-order valence-corrected chi connectivity index (χ1v) is 12.9. The monoisotopic (exact) mass is 496 g/mol. The molecule has 2 fully saturated rings. The van der Waals surface area contributed by atoms with Gasteiger partial charge in [0.25, 0.3) is 0 Å². The van der Waals surface area contributed by atoms with E-state index in [4.69, 9.17) is 9.47 Å². The third-order valence-corrected chi connectivity index (χ3v) is 7.53.